The lowest BCUT2D eigenvalue weighted by atomic mass is 10.0. The van der Waals surface area contributed by atoms with Gasteiger partial charge < -0.3 is 21.1 Å². The number of nitrogens with one attached hydrogen (secondary N) is 2. The molecule has 6 N–H and O–H groups in total. The third kappa shape index (κ3) is 13.4. The van der Waals surface area contributed by atoms with Crippen molar-refractivity contribution in [3.05, 3.63) is 35.4 Å². The molecule has 0 aromatic heterocycles. The maximum absolute atomic E-state index is 12.9. The maximum atomic E-state index is 12.9. The highest BCUT2D eigenvalue weighted by atomic mass is 127. The Balaban J connectivity index is 2.69. The number of nitrogens with two attached hydrogens (primary N) is 1. The molecular formula is C25H38IN3O11S2. The van der Waals surface area contributed by atoms with Crippen molar-refractivity contribution >= 4 is 66.4 Å². The summed E-state index contributed by atoms with van der Waals surface area (Å²) in [5, 5.41) is 1.90. The van der Waals surface area contributed by atoms with Crippen LogP contribution in [0.15, 0.2) is 24.3 Å². The first-order chi connectivity index (χ1) is 19.3. The first kappa shape index (κ1) is 37.8. The number of ketones is 2. The lowest BCUT2D eigenvalue weighted by Crippen LogP contribution is -2.46. The van der Waals surface area contributed by atoms with Gasteiger partial charge in [0.15, 0.2) is 16.8 Å². The Morgan fingerprint density at radius 1 is 0.857 bits per heavy atom. The number of halogens is 1. The number of carbonyl (C=O) groups is 4. The molecule has 0 aliphatic carbocycles. The van der Waals surface area contributed by atoms with Gasteiger partial charge in [-0.1, -0.05) is 46.9 Å². The van der Waals surface area contributed by atoms with Gasteiger partial charge in [0.2, 0.25) is 5.91 Å². The minimum Gasteiger partial charge on any atom is -0.444 e. The molecule has 1 rings (SSSR count). The van der Waals surface area contributed by atoms with E-state index in [4.69, 9.17) is 10.5 Å². The van der Waals surface area contributed by atoms with Crippen molar-refractivity contribution in [1.29, 1.82) is 0 Å². The van der Waals surface area contributed by atoms with E-state index in [0.29, 0.717) is 19.4 Å². The topological polar surface area (TPSA) is 236 Å². The number of benzene rings is 1. The van der Waals surface area contributed by atoms with Crippen LogP contribution in [0.2, 0.25) is 0 Å². The fourth-order valence-corrected chi connectivity index (χ4v) is 6.48. The van der Waals surface area contributed by atoms with Crippen LogP contribution in [0.5, 0.6) is 0 Å². The number of ether oxygens (including phenoxy) is 1. The molecule has 0 aliphatic rings. The molecule has 14 nitrogen and oxygen atoms in total. The van der Waals surface area contributed by atoms with Gasteiger partial charge in [-0.05, 0) is 66.0 Å². The minimum atomic E-state index is -4.79. The number of carbonyl (C=O) groups excluding carboxylic acids is 4. The molecule has 2 amide bonds. The van der Waals surface area contributed by atoms with Crippen LogP contribution < -0.4 is 16.4 Å². The van der Waals surface area contributed by atoms with E-state index in [9.17, 15) is 45.1 Å². The van der Waals surface area contributed by atoms with Gasteiger partial charge in [-0.15, -0.1) is 0 Å². The summed E-state index contributed by atoms with van der Waals surface area (Å²) in [6.45, 7) is 5.43. The van der Waals surface area contributed by atoms with E-state index in [-0.39, 0.29) is 41.4 Å². The third-order valence-electron chi connectivity index (χ3n) is 5.84. The quantitative estimate of drug-likeness (QED) is 0.0476. The number of unbranched alkanes of at least 4 members (excludes halogenated alkanes) is 1. The Morgan fingerprint density at radius 3 is 1.74 bits per heavy atom. The summed E-state index contributed by atoms with van der Waals surface area (Å²) >= 11 is 1.86. The van der Waals surface area contributed by atoms with E-state index in [2.05, 4.69) is 10.6 Å². The van der Waals surface area contributed by atoms with E-state index in [1.54, 1.807) is 20.8 Å². The number of hydrogen-bond donors (Lipinski definition) is 5. The summed E-state index contributed by atoms with van der Waals surface area (Å²) in [5.74, 6) is -2.51. The van der Waals surface area contributed by atoms with E-state index < -0.39 is 65.9 Å². The van der Waals surface area contributed by atoms with E-state index in [1.165, 1.54) is 0 Å². The summed E-state index contributed by atoms with van der Waals surface area (Å²) in [5.41, 5.74) is 4.37. The van der Waals surface area contributed by atoms with Gasteiger partial charge >= 0.3 is 6.09 Å². The molecule has 1 aromatic rings. The molecule has 17 heteroatoms. The van der Waals surface area contributed by atoms with E-state index in [1.807, 2.05) is 22.6 Å². The smallest absolute Gasteiger partial charge is 0.408 e. The zero-order chi connectivity index (χ0) is 32.3. The highest BCUT2D eigenvalue weighted by Gasteiger charge is 2.33. The summed E-state index contributed by atoms with van der Waals surface area (Å²) < 4.78 is 71.4. The summed E-state index contributed by atoms with van der Waals surface area (Å²) in [6, 6.07) is 3.65. The zero-order valence-corrected chi connectivity index (χ0v) is 27.3. The molecule has 0 saturated heterocycles. The van der Waals surface area contributed by atoms with Gasteiger partial charge in [0, 0.05) is 15.6 Å². The van der Waals surface area contributed by atoms with Crippen molar-refractivity contribution < 1.29 is 49.9 Å². The number of alkyl carbamates (subject to hydrolysis) is 1. The van der Waals surface area contributed by atoms with Gasteiger partial charge in [0.05, 0.1) is 0 Å². The molecule has 3 atom stereocenters. The van der Waals surface area contributed by atoms with Crippen molar-refractivity contribution in [2.45, 2.75) is 75.0 Å². The first-order valence-electron chi connectivity index (χ1n) is 12.9. The monoisotopic (exact) mass is 747 g/mol. The number of amides is 2. The molecule has 0 aliphatic heterocycles. The van der Waals surface area contributed by atoms with Crippen LogP contribution in [-0.4, -0.2) is 89.2 Å². The number of primary amides is 1. The predicted molar refractivity (Wildman–Crippen MR) is 163 cm³/mol. The SMILES string of the molecule is CC(C)(C)OC(=O)NC(CCCCNCCC(C(=O)c1ccc(C(=O)C(CCI)S(=O)(=O)O)cc1)S(=O)(=O)O)C(N)=O. The maximum Gasteiger partial charge on any atom is 0.408 e. The Morgan fingerprint density at radius 2 is 1.33 bits per heavy atom. The van der Waals surface area contributed by atoms with Crippen LogP contribution in [0, 0.1) is 0 Å². The van der Waals surface area contributed by atoms with Crippen molar-refractivity contribution in [3.63, 3.8) is 0 Å². The van der Waals surface area contributed by atoms with Crippen molar-refractivity contribution in [2.75, 3.05) is 17.5 Å². The van der Waals surface area contributed by atoms with Crippen LogP contribution in [0.25, 0.3) is 0 Å². The van der Waals surface area contributed by atoms with Crippen LogP contribution in [0.4, 0.5) is 4.79 Å². The Hall–Kier alpha value is -2.19. The standard InChI is InChI=1S/C25H38IN3O11S2/c1-25(2,3)40-24(33)29-18(23(27)32)6-4-5-14-28-15-12-20(42(37,38)39)22(31)17-9-7-16(8-10-17)21(30)19(11-13-26)41(34,35)36/h7-10,18-20,28H,4-6,11-15H2,1-3H3,(H2,27,32)(H,29,33)(H,34,35,36)(H,37,38,39). The molecule has 0 bridgehead atoms. The van der Waals surface area contributed by atoms with Crippen molar-refractivity contribution in [1.82, 2.24) is 10.6 Å². The highest BCUT2D eigenvalue weighted by molar-refractivity contribution is 14.1. The fraction of sp³-hybridized carbons (Fsp3) is 0.600. The largest absolute Gasteiger partial charge is 0.444 e. The average Bonchev–Trinajstić information content (AvgIpc) is 2.84. The third-order valence-corrected chi connectivity index (χ3v) is 8.80. The van der Waals surface area contributed by atoms with Crippen LogP contribution in [-0.2, 0) is 29.8 Å². The van der Waals surface area contributed by atoms with Crippen molar-refractivity contribution in [3.8, 4) is 0 Å². The first-order valence-corrected chi connectivity index (χ1v) is 17.5. The minimum absolute atomic E-state index is 0.0362. The molecule has 0 fully saturated rings. The Kier molecular flexibility index (Phi) is 15.0. The predicted octanol–water partition coefficient (Wildman–Crippen LogP) is 1.92. The zero-order valence-electron chi connectivity index (χ0n) is 23.5. The molecular weight excluding hydrogens is 709 g/mol. The molecule has 238 valence electrons. The average molecular weight is 748 g/mol. The number of hydrogen-bond acceptors (Lipinski definition) is 10. The number of rotatable bonds is 18. The second kappa shape index (κ2) is 16.6. The lowest BCUT2D eigenvalue weighted by molar-refractivity contribution is -0.120. The molecule has 3 unspecified atom stereocenters. The molecule has 1 aromatic carbocycles. The van der Waals surface area contributed by atoms with E-state index >= 15 is 0 Å². The molecule has 0 heterocycles. The Labute approximate surface area is 259 Å². The van der Waals surface area contributed by atoms with Crippen LogP contribution in [0.3, 0.4) is 0 Å². The normalized spacial score (nSPS) is 14.4. The lowest BCUT2D eigenvalue weighted by Gasteiger charge is -2.22. The van der Waals surface area contributed by atoms with Gasteiger partial charge in [-0.3, -0.25) is 23.5 Å². The van der Waals surface area contributed by atoms with Crippen molar-refractivity contribution in [2.24, 2.45) is 5.73 Å². The van der Waals surface area contributed by atoms with Crippen LogP contribution in [0.1, 0.15) is 73.6 Å². The molecule has 0 saturated carbocycles. The summed E-state index contributed by atoms with van der Waals surface area (Å²) in [6.07, 6.45) is 0.0589. The Bertz CT molecular complexity index is 1310. The van der Waals surface area contributed by atoms with Gasteiger partial charge in [0.1, 0.15) is 16.9 Å². The second-order valence-electron chi connectivity index (χ2n) is 10.4. The van der Waals surface area contributed by atoms with Crippen LogP contribution >= 0.6 is 22.6 Å². The van der Waals surface area contributed by atoms with Gasteiger partial charge in [0.25, 0.3) is 20.2 Å². The number of Topliss-reactive ketones (excluding diaryl/α,β-unsaturated/α-hetero) is 2. The van der Waals surface area contributed by atoms with Gasteiger partial charge in [-0.2, -0.15) is 16.8 Å². The summed E-state index contributed by atoms with van der Waals surface area (Å²) in [7, 11) is -9.45. The fourth-order valence-electron chi connectivity index (χ4n) is 3.79. The van der Waals surface area contributed by atoms with Gasteiger partial charge in [-0.25, -0.2) is 4.79 Å². The summed E-state index contributed by atoms with van der Waals surface area (Å²) in [4.78, 5) is 48.9. The number of alkyl halides is 1. The highest BCUT2D eigenvalue weighted by Crippen LogP contribution is 2.18. The molecule has 0 spiro atoms. The molecule has 42 heavy (non-hydrogen) atoms. The second-order valence-corrected chi connectivity index (χ2v) is 14.7. The van der Waals surface area contributed by atoms with E-state index in [0.717, 1.165) is 24.3 Å². The molecule has 0 radical (unpaired) electrons.